The van der Waals surface area contributed by atoms with Crippen molar-refractivity contribution >= 4 is 0 Å². The predicted molar refractivity (Wildman–Crippen MR) is 70.2 cm³/mol. The third-order valence-electron chi connectivity index (χ3n) is 3.88. The molecule has 1 heterocycles. The van der Waals surface area contributed by atoms with Crippen molar-refractivity contribution in [3.8, 4) is 0 Å². The molecule has 0 radical (unpaired) electrons. The lowest BCUT2D eigenvalue weighted by atomic mass is 9.87. The van der Waals surface area contributed by atoms with Gasteiger partial charge < -0.3 is 0 Å². The van der Waals surface area contributed by atoms with Crippen molar-refractivity contribution in [3.05, 3.63) is 64.7 Å². The first-order valence-corrected chi connectivity index (χ1v) is 6.50. The molecule has 0 amide bonds. The van der Waals surface area contributed by atoms with Crippen LogP contribution in [0.2, 0.25) is 0 Å². The largest absolute Gasteiger partial charge is 0.264 e. The summed E-state index contributed by atoms with van der Waals surface area (Å²) >= 11 is 0. The number of aromatic nitrogens is 1. The molecule has 2 aromatic rings. The van der Waals surface area contributed by atoms with E-state index >= 15 is 0 Å². The average Bonchev–Trinajstić information content (AvgIpc) is 2.54. The van der Waals surface area contributed by atoms with Gasteiger partial charge in [0.05, 0.1) is 0 Å². The summed E-state index contributed by atoms with van der Waals surface area (Å²) in [4.78, 5) is 4.24. The maximum absolute atomic E-state index is 13.5. The van der Waals surface area contributed by atoms with Crippen molar-refractivity contribution in [3.63, 3.8) is 0 Å². The summed E-state index contributed by atoms with van der Waals surface area (Å²) in [6.45, 7) is 2.15. The van der Waals surface area contributed by atoms with Gasteiger partial charge in [0.25, 0.3) is 0 Å². The van der Waals surface area contributed by atoms with Gasteiger partial charge in [-0.2, -0.15) is 0 Å². The molecule has 1 unspecified atom stereocenters. The van der Waals surface area contributed by atoms with Crippen molar-refractivity contribution in [2.75, 3.05) is 0 Å². The molecule has 1 aliphatic rings. The summed E-state index contributed by atoms with van der Waals surface area (Å²) in [7, 11) is 0. The number of rotatable bonds is 1. The van der Waals surface area contributed by atoms with E-state index in [0.29, 0.717) is 0 Å². The number of nitrogens with zero attached hydrogens (tertiary/aromatic N) is 1. The molecule has 0 N–H and O–H groups in total. The molecule has 0 bridgehead atoms. The van der Waals surface area contributed by atoms with E-state index in [0.717, 1.165) is 24.8 Å². The first kappa shape index (κ1) is 11.4. The van der Waals surface area contributed by atoms with Crippen LogP contribution in [0.5, 0.6) is 0 Å². The van der Waals surface area contributed by atoms with Crippen molar-refractivity contribution < 1.29 is 4.39 Å². The lowest BCUT2D eigenvalue weighted by molar-refractivity contribution is 0.620. The van der Waals surface area contributed by atoms with E-state index < -0.39 is 0 Å². The SMILES string of the molecule is CCC1c2cnccc2CCc2ccc(F)cc21. The first-order valence-electron chi connectivity index (χ1n) is 6.50. The Morgan fingerprint density at radius 2 is 1.94 bits per heavy atom. The van der Waals surface area contributed by atoms with Crippen LogP contribution in [-0.4, -0.2) is 4.98 Å². The second-order valence-electron chi connectivity index (χ2n) is 4.88. The van der Waals surface area contributed by atoms with Crippen LogP contribution in [0.25, 0.3) is 0 Å². The highest BCUT2D eigenvalue weighted by Crippen LogP contribution is 2.36. The number of hydrogen-bond acceptors (Lipinski definition) is 1. The predicted octanol–water partition coefficient (Wildman–Crippen LogP) is 3.86. The van der Waals surface area contributed by atoms with Gasteiger partial charge in [-0.3, -0.25) is 4.98 Å². The van der Waals surface area contributed by atoms with E-state index in [1.165, 1.54) is 16.7 Å². The zero-order valence-corrected chi connectivity index (χ0v) is 10.5. The van der Waals surface area contributed by atoms with Crippen LogP contribution in [-0.2, 0) is 12.8 Å². The number of fused-ring (bicyclic) bond motifs is 2. The minimum absolute atomic E-state index is 0.139. The van der Waals surface area contributed by atoms with Crippen molar-refractivity contribution in [1.29, 1.82) is 0 Å². The first-order chi connectivity index (χ1) is 8.79. The van der Waals surface area contributed by atoms with Gasteiger partial charge >= 0.3 is 0 Å². The van der Waals surface area contributed by atoms with Gasteiger partial charge in [-0.25, -0.2) is 4.39 Å². The Bertz CT molecular complexity index is 577. The third kappa shape index (κ3) is 1.82. The van der Waals surface area contributed by atoms with Gasteiger partial charge in [0, 0.05) is 18.3 Å². The standard InChI is InChI=1S/C16H16FN/c1-2-14-15-9-13(17)6-5-11(15)3-4-12-7-8-18-10-16(12)14/h5-10,14H,2-4H2,1H3. The monoisotopic (exact) mass is 241 g/mol. The Labute approximate surface area is 107 Å². The van der Waals surface area contributed by atoms with E-state index in [9.17, 15) is 4.39 Å². The summed E-state index contributed by atoms with van der Waals surface area (Å²) in [5.74, 6) is 0.140. The lowest BCUT2D eigenvalue weighted by Gasteiger charge is -2.18. The second-order valence-corrected chi connectivity index (χ2v) is 4.88. The fraction of sp³-hybridized carbons (Fsp3) is 0.312. The van der Waals surface area contributed by atoms with Crippen LogP contribution in [0.4, 0.5) is 4.39 Å². The Hall–Kier alpha value is -1.70. The molecule has 1 nitrogen and oxygen atoms in total. The molecule has 2 heteroatoms. The van der Waals surface area contributed by atoms with Crippen LogP contribution < -0.4 is 0 Å². The Balaban J connectivity index is 2.19. The minimum atomic E-state index is -0.139. The fourth-order valence-electron chi connectivity index (χ4n) is 2.97. The molecule has 1 aliphatic carbocycles. The topological polar surface area (TPSA) is 12.9 Å². The number of pyridine rings is 1. The number of hydrogen-bond donors (Lipinski definition) is 0. The van der Waals surface area contributed by atoms with Gasteiger partial charge in [0.2, 0.25) is 0 Å². The smallest absolute Gasteiger partial charge is 0.123 e. The van der Waals surface area contributed by atoms with Crippen LogP contribution >= 0.6 is 0 Å². The van der Waals surface area contributed by atoms with Crippen LogP contribution in [0.15, 0.2) is 36.7 Å². The van der Waals surface area contributed by atoms with E-state index in [-0.39, 0.29) is 11.7 Å². The van der Waals surface area contributed by atoms with E-state index in [1.807, 2.05) is 18.5 Å². The average molecular weight is 241 g/mol. The zero-order chi connectivity index (χ0) is 12.5. The quantitative estimate of drug-likeness (QED) is 0.738. The van der Waals surface area contributed by atoms with Crippen LogP contribution in [0.1, 0.15) is 41.5 Å². The molecule has 0 saturated carbocycles. The fourth-order valence-corrected chi connectivity index (χ4v) is 2.97. The number of aryl methyl sites for hydroxylation is 2. The van der Waals surface area contributed by atoms with Gasteiger partial charge in [-0.1, -0.05) is 13.0 Å². The van der Waals surface area contributed by atoms with Crippen LogP contribution in [0.3, 0.4) is 0 Å². The summed E-state index contributed by atoms with van der Waals surface area (Å²) in [6.07, 6.45) is 6.79. The molecular weight excluding hydrogens is 225 g/mol. The molecular formula is C16H16FN. The molecule has 18 heavy (non-hydrogen) atoms. The molecule has 1 aromatic heterocycles. The summed E-state index contributed by atoms with van der Waals surface area (Å²) in [6, 6.07) is 7.30. The highest BCUT2D eigenvalue weighted by molar-refractivity contribution is 5.43. The van der Waals surface area contributed by atoms with E-state index in [1.54, 1.807) is 12.1 Å². The maximum Gasteiger partial charge on any atom is 0.123 e. The van der Waals surface area contributed by atoms with E-state index in [2.05, 4.69) is 18.0 Å². The Morgan fingerprint density at radius 3 is 2.72 bits per heavy atom. The molecule has 3 rings (SSSR count). The molecule has 92 valence electrons. The van der Waals surface area contributed by atoms with Crippen molar-refractivity contribution in [1.82, 2.24) is 4.98 Å². The van der Waals surface area contributed by atoms with Crippen molar-refractivity contribution in [2.24, 2.45) is 0 Å². The normalized spacial score (nSPS) is 17.8. The number of benzene rings is 1. The maximum atomic E-state index is 13.5. The van der Waals surface area contributed by atoms with E-state index in [4.69, 9.17) is 0 Å². The summed E-state index contributed by atoms with van der Waals surface area (Å²) in [5.41, 5.74) is 5.04. The molecule has 0 fully saturated rings. The molecule has 0 aliphatic heterocycles. The van der Waals surface area contributed by atoms with Gasteiger partial charge in [0.1, 0.15) is 5.82 Å². The highest BCUT2D eigenvalue weighted by Gasteiger charge is 2.22. The summed E-state index contributed by atoms with van der Waals surface area (Å²) < 4.78 is 13.5. The number of halogens is 1. The highest BCUT2D eigenvalue weighted by atomic mass is 19.1. The van der Waals surface area contributed by atoms with Gasteiger partial charge in [-0.15, -0.1) is 0 Å². The third-order valence-corrected chi connectivity index (χ3v) is 3.88. The zero-order valence-electron chi connectivity index (χ0n) is 10.5. The molecule has 0 spiro atoms. The lowest BCUT2D eigenvalue weighted by Crippen LogP contribution is -2.03. The van der Waals surface area contributed by atoms with Crippen LogP contribution in [0, 0.1) is 5.82 Å². The van der Waals surface area contributed by atoms with Gasteiger partial charge in [-0.05, 0) is 59.7 Å². The summed E-state index contributed by atoms with van der Waals surface area (Å²) in [5, 5.41) is 0. The molecule has 1 atom stereocenters. The molecule has 0 saturated heterocycles. The Kier molecular flexibility index (Phi) is 2.86. The molecule has 1 aromatic carbocycles. The van der Waals surface area contributed by atoms with Gasteiger partial charge in [0.15, 0.2) is 0 Å². The second kappa shape index (κ2) is 4.52. The van der Waals surface area contributed by atoms with Crippen molar-refractivity contribution in [2.45, 2.75) is 32.1 Å². The Morgan fingerprint density at radius 1 is 1.17 bits per heavy atom. The minimum Gasteiger partial charge on any atom is -0.264 e.